The van der Waals surface area contributed by atoms with E-state index in [2.05, 4.69) is 15.9 Å². The van der Waals surface area contributed by atoms with Crippen molar-refractivity contribution in [2.75, 3.05) is 0 Å². The predicted molar refractivity (Wildman–Crippen MR) is 63.6 cm³/mol. The van der Waals surface area contributed by atoms with Gasteiger partial charge in [0, 0.05) is 16.1 Å². The van der Waals surface area contributed by atoms with Gasteiger partial charge in [-0.3, -0.25) is 0 Å². The summed E-state index contributed by atoms with van der Waals surface area (Å²) < 4.78 is 14.1. The van der Waals surface area contributed by atoms with Gasteiger partial charge in [0.15, 0.2) is 0 Å². The molecule has 0 radical (unpaired) electrons. The molecular weight excluding hydrogens is 280 g/mol. The monoisotopic (exact) mass is 291 g/mol. The van der Waals surface area contributed by atoms with Crippen LogP contribution in [0.15, 0.2) is 16.6 Å². The van der Waals surface area contributed by atoms with Crippen LogP contribution in [0, 0.1) is 5.82 Å². The molecule has 0 bridgehead atoms. The molecule has 0 aliphatic heterocycles. The Balaban J connectivity index is 2.16. The summed E-state index contributed by atoms with van der Waals surface area (Å²) in [6, 6.07) is 3.33. The van der Waals surface area contributed by atoms with E-state index >= 15 is 0 Å². The van der Waals surface area contributed by atoms with Crippen LogP contribution in [0.1, 0.15) is 24.8 Å². The zero-order chi connectivity index (χ0) is 11.1. The maximum absolute atomic E-state index is 13.7. The minimum atomic E-state index is -0.258. The number of hydrogen-bond donors (Lipinski definition) is 1. The third-order valence-electron chi connectivity index (χ3n) is 2.90. The molecule has 1 fully saturated rings. The Bertz CT molecular complexity index is 390. The SMILES string of the molecule is NC1(CCc2c(Cl)ccc(Br)c2F)CC1. The molecule has 1 aliphatic carbocycles. The summed E-state index contributed by atoms with van der Waals surface area (Å²) in [5.74, 6) is -0.258. The molecule has 1 saturated carbocycles. The third kappa shape index (κ3) is 2.52. The van der Waals surface area contributed by atoms with Gasteiger partial charge in [-0.05, 0) is 53.7 Å². The quantitative estimate of drug-likeness (QED) is 0.845. The minimum absolute atomic E-state index is 0.0575. The zero-order valence-corrected chi connectivity index (χ0v) is 10.5. The van der Waals surface area contributed by atoms with Crippen molar-refractivity contribution in [1.82, 2.24) is 0 Å². The first-order chi connectivity index (χ1) is 7.02. The van der Waals surface area contributed by atoms with E-state index in [-0.39, 0.29) is 11.4 Å². The van der Waals surface area contributed by atoms with Crippen LogP contribution < -0.4 is 5.73 Å². The Morgan fingerprint density at radius 3 is 2.73 bits per heavy atom. The largest absolute Gasteiger partial charge is 0.325 e. The lowest BCUT2D eigenvalue weighted by Gasteiger charge is -2.11. The van der Waals surface area contributed by atoms with Crippen molar-refractivity contribution in [3.8, 4) is 0 Å². The predicted octanol–water partition coefficient (Wildman–Crippen LogP) is 3.67. The second-order valence-corrected chi connectivity index (χ2v) is 5.45. The molecule has 0 saturated heterocycles. The highest BCUT2D eigenvalue weighted by molar-refractivity contribution is 9.10. The van der Waals surface area contributed by atoms with E-state index < -0.39 is 0 Å². The van der Waals surface area contributed by atoms with Crippen molar-refractivity contribution in [2.24, 2.45) is 5.73 Å². The summed E-state index contributed by atoms with van der Waals surface area (Å²) in [5.41, 5.74) is 6.47. The molecule has 1 aliphatic rings. The minimum Gasteiger partial charge on any atom is -0.325 e. The van der Waals surface area contributed by atoms with Crippen LogP contribution >= 0.6 is 27.5 Å². The van der Waals surface area contributed by atoms with E-state index in [0.29, 0.717) is 21.5 Å². The molecule has 1 aromatic carbocycles. The molecular formula is C11H12BrClFN. The van der Waals surface area contributed by atoms with Gasteiger partial charge in [0.1, 0.15) is 5.82 Å². The number of halogens is 3. The molecule has 0 heterocycles. The molecule has 0 unspecified atom stereocenters. The van der Waals surface area contributed by atoms with Crippen molar-refractivity contribution >= 4 is 27.5 Å². The molecule has 0 amide bonds. The van der Waals surface area contributed by atoms with Gasteiger partial charge in [-0.1, -0.05) is 11.6 Å². The molecule has 1 aromatic rings. The lowest BCUT2D eigenvalue weighted by atomic mass is 10.0. The summed E-state index contributed by atoms with van der Waals surface area (Å²) in [7, 11) is 0. The molecule has 2 rings (SSSR count). The maximum Gasteiger partial charge on any atom is 0.142 e. The van der Waals surface area contributed by atoms with Gasteiger partial charge in [0.25, 0.3) is 0 Å². The topological polar surface area (TPSA) is 26.0 Å². The van der Waals surface area contributed by atoms with Crippen LogP contribution in [0.2, 0.25) is 5.02 Å². The molecule has 0 atom stereocenters. The Morgan fingerprint density at radius 2 is 2.13 bits per heavy atom. The van der Waals surface area contributed by atoms with Crippen LogP contribution in [0.4, 0.5) is 4.39 Å². The van der Waals surface area contributed by atoms with Gasteiger partial charge in [0.05, 0.1) is 4.47 Å². The molecule has 82 valence electrons. The summed E-state index contributed by atoms with van der Waals surface area (Å²) >= 11 is 9.10. The highest BCUT2D eigenvalue weighted by Gasteiger charge is 2.37. The van der Waals surface area contributed by atoms with Gasteiger partial charge in [-0.15, -0.1) is 0 Å². The summed E-state index contributed by atoms with van der Waals surface area (Å²) in [6.07, 6.45) is 3.50. The van der Waals surface area contributed by atoms with E-state index in [1.54, 1.807) is 12.1 Å². The zero-order valence-electron chi connectivity index (χ0n) is 8.19. The second-order valence-electron chi connectivity index (χ2n) is 4.18. The summed E-state index contributed by atoms with van der Waals surface area (Å²) in [6.45, 7) is 0. The molecule has 4 heteroatoms. The van der Waals surface area contributed by atoms with Crippen molar-refractivity contribution in [3.63, 3.8) is 0 Å². The fourth-order valence-corrected chi connectivity index (χ4v) is 2.19. The summed E-state index contributed by atoms with van der Waals surface area (Å²) in [4.78, 5) is 0. The van der Waals surface area contributed by atoms with Crippen molar-refractivity contribution in [1.29, 1.82) is 0 Å². The van der Waals surface area contributed by atoms with Gasteiger partial charge >= 0.3 is 0 Å². The van der Waals surface area contributed by atoms with Crippen LogP contribution in [0.5, 0.6) is 0 Å². The number of hydrogen-bond acceptors (Lipinski definition) is 1. The van der Waals surface area contributed by atoms with Crippen molar-refractivity contribution in [3.05, 3.63) is 33.0 Å². The van der Waals surface area contributed by atoms with Gasteiger partial charge in [0.2, 0.25) is 0 Å². The first-order valence-electron chi connectivity index (χ1n) is 4.93. The van der Waals surface area contributed by atoms with E-state index in [1.807, 2.05) is 0 Å². The smallest absolute Gasteiger partial charge is 0.142 e. The Hall–Kier alpha value is -0.120. The van der Waals surface area contributed by atoms with Gasteiger partial charge in [-0.2, -0.15) is 0 Å². The van der Waals surface area contributed by atoms with Gasteiger partial charge in [-0.25, -0.2) is 4.39 Å². The number of rotatable bonds is 3. The molecule has 1 nitrogen and oxygen atoms in total. The lowest BCUT2D eigenvalue weighted by molar-refractivity contribution is 0.568. The lowest BCUT2D eigenvalue weighted by Crippen LogP contribution is -2.22. The highest BCUT2D eigenvalue weighted by Crippen LogP contribution is 2.38. The Kier molecular flexibility index (Phi) is 3.06. The van der Waals surface area contributed by atoms with Crippen LogP contribution in [0.3, 0.4) is 0 Å². The van der Waals surface area contributed by atoms with Gasteiger partial charge < -0.3 is 5.73 Å². The molecule has 15 heavy (non-hydrogen) atoms. The van der Waals surface area contributed by atoms with E-state index in [0.717, 1.165) is 19.3 Å². The normalized spacial score (nSPS) is 17.9. The standard InChI is InChI=1S/C11H12BrClFN/c12-8-1-2-9(13)7(10(8)14)3-4-11(15)5-6-11/h1-2H,3-6,15H2. The van der Waals surface area contributed by atoms with Crippen LogP contribution in [-0.4, -0.2) is 5.54 Å². The molecule has 2 N–H and O–H groups in total. The molecule has 0 spiro atoms. The van der Waals surface area contributed by atoms with Crippen molar-refractivity contribution in [2.45, 2.75) is 31.2 Å². The van der Waals surface area contributed by atoms with E-state index in [9.17, 15) is 4.39 Å². The first kappa shape index (κ1) is 11.4. The fourth-order valence-electron chi connectivity index (χ4n) is 1.58. The third-order valence-corrected chi connectivity index (χ3v) is 3.87. The maximum atomic E-state index is 13.7. The molecule has 0 aromatic heterocycles. The number of nitrogens with two attached hydrogens (primary N) is 1. The van der Waals surface area contributed by atoms with Crippen molar-refractivity contribution < 1.29 is 4.39 Å². The van der Waals surface area contributed by atoms with Crippen LogP contribution in [-0.2, 0) is 6.42 Å². The Labute approximate surface area is 102 Å². The van der Waals surface area contributed by atoms with E-state index in [1.165, 1.54) is 0 Å². The van der Waals surface area contributed by atoms with E-state index in [4.69, 9.17) is 17.3 Å². The average Bonchev–Trinajstić information content (AvgIpc) is 2.91. The summed E-state index contributed by atoms with van der Waals surface area (Å²) in [5, 5.41) is 0.486. The van der Waals surface area contributed by atoms with Crippen LogP contribution in [0.25, 0.3) is 0 Å². The average molecular weight is 293 g/mol. The fraction of sp³-hybridized carbons (Fsp3) is 0.455. The number of benzene rings is 1. The second kappa shape index (κ2) is 4.04. The highest BCUT2D eigenvalue weighted by atomic mass is 79.9. The first-order valence-corrected chi connectivity index (χ1v) is 6.10. The Morgan fingerprint density at radius 1 is 1.47 bits per heavy atom.